The Labute approximate surface area is 234 Å². The molecule has 2 heterocycles. The zero-order valence-corrected chi connectivity index (χ0v) is 24.2. The van der Waals surface area contributed by atoms with Crippen molar-refractivity contribution in [3.05, 3.63) is 56.5 Å². The average Bonchev–Trinajstić information content (AvgIpc) is 3.30. The van der Waals surface area contributed by atoms with E-state index >= 15 is 0 Å². The van der Waals surface area contributed by atoms with Crippen molar-refractivity contribution in [1.29, 1.82) is 0 Å². The lowest BCUT2D eigenvalue weighted by atomic mass is 10.2. The minimum absolute atomic E-state index is 0.255. The van der Waals surface area contributed by atoms with Crippen LogP contribution in [0.5, 0.6) is 0 Å². The van der Waals surface area contributed by atoms with Crippen molar-refractivity contribution >= 4 is 88.5 Å². The molecular weight excluding hydrogens is 599 g/mol. The highest BCUT2D eigenvalue weighted by Gasteiger charge is 2.28. The lowest BCUT2D eigenvalue weighted by molar-refractivity contribution is -0.669. The van der Waals surface area contributed by atoms with Crippen molar-refractivity contribution in [1.82, 2.24) is 0 Å². The van der Waals surface area contributed by atoms with Crippen LogP contribution < -0.4 is 9.47 Å². The van der Waals surface area contributed by atoms with Crippen molar-refractivity contribution in [2.24, 2.45) is 0 Å². The van der Waals surface area contributed by atoms with Crippen molar-refractivity contribution in [3.8, 4) is 0 Å². The Morgan fingerprint density at radius 3 is 2.41 bits per heavy atom. The second-order valence-corrected chi connectivity index (χ2v) is 14.6. The number of halogens is 2. The number of fused-ring (bicyclic) bond motifs is 2. The summed E-state index contributed by atoms with van der Waals surface area (Å²) in [4.78, 5) is 3.10. The van der Waals surface area contributed by atoms with Gasteiger partial charge >= 0.3 is 0 Å². The van der Waals surface area contributed by atoms with Gasteiger partial charge in [0.25, 0.3) is 15.1 Å². The number of benzene rings is 2. The maximum absolute atomic E-state index is 11.1. The summed E-state index contributed by atoms with van der Waals surface area (Å²) in [6.07, 6.45) is 3.65. The van der Waals surface area contributed by atoms with Crippen LogP contribution in [0.25, 0.3) is 16.3 Å². The Hall–Kier alpha value is -1.38. The monoisotopic (exact) mass is 622 g/mol. The number of aromatic nitrogens is 1. The molecule has 200 valence electrons. The van der Waals surface area contributed by atoms with E-state index in [1.807, 2.05) is 42.5 Å². The molecular formula is C23H24Cl2N2O6S4. The summed E-state index contributed by atoms with van der Waals surface area (Å²) >= 11 is 15.7. The predicted octanol–water partition coefficient (Wildman–Crippen LogP) is 5.40. The van der Waals surface area contributed by atoms with E-state index in [-0.39, 0.29) is 12.2 Å². The third kappa shape index (κ3) is 7.82. The summed E-state index contributed by atoms with van der Waals surface area (Å²) < 4.78 is 67.5. The third-order valence-electron chi connectivity index (χ3n) is 5.69. The molecule has 1 N–H and O–H groups in total. The summed E-state index contributed by atoms with van der Waals surface area (Å²) in [6, 6.07) is 11.2. The first kappa shape index (κ1) is 28.6. The maximum atomic E-state index is 11.1. The number of aryl methyl sites for hydroxylation is 1. The second-order valence-electron chi connectivity index (χ2n) is 8.51. The number of hydrogen-bond acceptors (Lipinski definition) is 8. The van der Waals surface area contributed by atoms with E-state index in [1.165, 1.54) is 0 Å². The van der Waals surface area contributed by atoms with Gasteiger partial charge in [-0.05, 0) is 49.6 Å². The Kier molecular flexibility index (Phi) is 9.12. The fourth-order valence-electron chi connectivity index (χ4n) is 4.03. The Morgan fingerprint density at radius 1 is 0.973 bits per heavy atom. The SMILES string of the molecule is O=S(=O)([O-])CCCC[n+]1c(C=C2Sc3ccc(Cl)cc3N2CCCCS(=O)(=O)O)sc2ccc(Cl)cc21. The van der Waals surface area contributed by atoms with Crippen LogP contribution in [0, 0.1) is 0 Å². The van der Waals surface area contributed by atoms with Crippen LogP contribution >= 0.6 is 46.3 Å². The Morgan fingerprint density at radius 2 is 1.68 bits per heavy atom. The van der Waals surface area contributed by atoms with E-state index in [2.05, 4.69) is 9.47 Å². The van der Waals surface area contributed by atoms with Crippen LogP contribution in [0.3, 0.4) is 0 Å². The molecule has 0 aliphatic carbocycles. The van der Waals surface area contributed by atoms with Gasteiger partial charge in [-0.1, -0.05) is 46.3 Å². The highest BCUT2D eigenvalue weighted by Crippen LogP contribution is 2.48. The summed E-state index contributed by atoms with van der Waals surface area (Å²) in [5, 5.41) is 3.02. The highest BCUT2D eigenvalue weighted by atomic mass is 35.5. The van der Waals surface area contributed by atoms with E-state index in [9.17, 15) is 21.4 Å². The van der Waals surface area contributed by atoms with Gasteiger partial charge in [0.15, 0.2) is 6.54 Å². The minimum Gasteiger partial charge on any atom is -0.748 e. The van der Waals surface area contributed by atoms with Crippen LogP contribution in [-0.2, 0) is 26.8 Å². The molecule has 0 bridgehead atoms. The quantitative estimate of drug-likeness (QED) is 0.171. The second kappa shape index (κ2) is 11.8. The first-order valence-electron chi connectivity index (χ1n) is 11.4. The van der Waals surface area contributed by atoms with E-state index in [0.717, 1.165) is 30.8 Å². The van der Waals surface area contributed by atoms with Crippen LogP contribution in [0.2, 0.25) is 10.0 Å². The Bertz CT molecular complexity index is 1550. The molecule has 2 aromatic carbocycles. The molecule has 0 fully saturated rings. The van der Waals surface area contributed by atoms with Crippen molar-refractivity contribution < 1.29 is 30.5 Å². The highest BCUT2D eigenvalue weighted by molar-refractivity contribution is 8.04. The van der Waals surface area contributed by atoms with Crippen LogP contribution in [0.4, 0.5) is 5.69 Å². The lowest BCUT2D eigenvalue weighted by Gasteiger charge is -2.20. The molecule has 3 aromatic rings. The van der Waals surface area contributed by atoms with Gasteiger partial charge in [-0.25, -0.2) is 8.42 Å². The standard InChI is InChI=1S/C23H24Cl2N2O6S4/c24-16-5-7-20-18(13-16)26(9-1-3-11-36(28,29)30)22(34-20)15-23-27(10-2-4-12-37(31,32)33)19-14-17(25)6-8-21(19)35-23/h5-8,13-15H,1-4,9-12H2,(H-,28,29,30,31,32,33). The van der Waals surface area contributed by atoms with E-state index in [4.69, 9.17) is 27.8 Å². The first-order valence-corrected chi connectivity index (χ1v) is 16.9. The zero-order valence-electron chi connectivity index (χ0n) is 19.5. The summed E-state index contributed by atoms with van der Waals surface area (Å²) in [5.74, 6) is -0.707. The molecule has 0 unspecified atom stereocenters. The van der Waals surface area contributed by atoms with Gasteiger partial charge in [-0.2, -0.15) is 13.0 Å². The molecule has 1 aliphatic heterocycles. The van der Waals surface area contributed by atoms with Crippen molar-refractivity contribution in [3.63, 3.8) is 0 Å². The molecule has 0 atom stereocenters. The number of unbranched alkanes of at least 4 members (excludes halogenated alkanes) is 2. The van der Waals surface area contributed by atoms with Gasteiger partial charge in [0.1, 0.15) is 4.70 Å². The molecule has 0 amide bonds. The smallest absolute Gasteiger partial charge is 0.265 e. The number of thiazole rings is 1. The van der Waals surface area contributed by atoms with Gasteiger partial charge in [-0.3, -0.25) is 4.55 Å². The summed E-state index contributed by atoms with van der Waals surface area (Å²) in [7, 11) is -8.29. The van der Waals surface area contributed by atoms with Crippen LogP contribution in [0.1, 0.15) is 30.7 Å². The van der Waals surface area contributed by atoms with Crippen molar-refractivity contribution in [2.75, 3.05) is 23.0 Å². The molecule has 0 saturated carbocycles. The van der Waals surface area contributed by atoms with E-state index < -0.39 is 26.0 Å². The van der Waals surface area contributed by atoms with Gasteiger partial charge in [0.05, 0.1) is 32.7 Å². The number of hydrogen-bond donors (Lipinski definition) is 1. The molecule has 8 nitrogen and oxygen atoms in total. The first-order chi connectivity index (χ1) is 17.4. The molecule has 0 saturated heterocycles. The van der Waals surface area contributed by atoms with Gasteiger partial charge in [-0.15, -0.1) is 0 Å². The van der Waals surface area contributed by atoms with Crippen LogP contribution in [-0.4, -0.2) is 44.0 Å². The van der Waals surface area contributed by atoms with Gasteiger partial charge in [0.2, 0.25) is 5.52 Å². The lowest BCUT2D eigenvalue weighted by Crippen LogP contribution is -2.35. The van der Waals surface area contributed by atoms with Crippen molar-refractivity contribution in [2.45, 2.75) is 37.1 Å². The molecule has 0 spiro atoms. The molecule has 0 radical (unpaired) electrons. The molecule has 37 heavy (non-hydrogen) atoms. The Balaban J connectivity index is 1.66. The molecule has 4 rings (SSSR count). The summed E-state index contributed by atoms with van der Waals surface area (Å²) in [6.45, 7) is 1.03. The normalized spacial score (nSPS) is 15.1. The fourth-order valence-corrected chi connectivity index (χ4v) is 7.78. The van der Waals surface area contributed by atoms with Crippen LogP contribution in [0.15, 0.2) is 46.3 Å². The van der Waals surface area contributed by atoms with Gasteiger partial charge < -0.3 is 9.45 Å². The maximum Gasteiger partial charge on any atom is 0.265 e. The number of thioether (sulfide) groups is 1. The largest absolute Gasteiger partial charge is 0.748 e. The summed E-state index contributed by atoms with van der Waals surface area (Å²) in [5.41, 5.74) is 1.84. The van der Waals surface area contributed by atoms with E-state index in [1.54, 1.807) is 23.1 Å². The number of anilines is 1. The number of nitrogens with zero attached hydrogens (tertiary/aromatic N) is 2. The third-order valence-corrected chi connectivity index (χ3v) is 9.98. The zero-order chi connectivity index (χ0) is 26.8. The number of rotatable bonds is 11. The average molecular weight is 624 g/mol. The fraction of sp³-hybridized carbons (Fsp3) is 0.348. The topological polar surface area (TPSA) is 119 Å². The predicted molar refractivity (Wildman–Crippen MR) is 149 cm³/mol. The molecule has 1 aliphatic rings. The molecule has 1 aromatic heterocycles. The van der Waals surface area contributed by atoms with E-state index in [0.29, 0.717) is 42.4 Å². The molecule has 14 heteroatoms. The van der Waals surface area contributed by atoms with Gasteiger partial charge in [0, 0.05) is 39.7 Å². The minimum atomic E-state index is -4.27.